The van der Waals surface area contributed by atoms with Crippen molar-refractivity contribution in [2.45, 2.75) is 129 Å². The van der Waals surface area contributed by atoms with E-state index in [2.05, 4.69) is 50.3 Å². The molecule has 1 aromatic carbocycles. The highest BCUT2D eigenvalue weighted by atomic mass is 16.5. The van der Waals surface area contributed by atoms with E-state index in [9.17, 15) is 0 Å². The Kier molecular flexibility index (Phi) is 13.2. The fourth-order valence-corrected chi connectivity index (χ4v) is 6.44. The van der Waals surface area contributed by atoms with E-state index >= 15 is 0 Å². The van der Waals surface area contributed by atoms with E-state index in [-0.39, 0.29) is 0 Å². The van der Waals surface area contributed by atoms with Gasteiger partial charge in [0.05, 0.1) is 0 Å². The molecule has 1 nitrogen and oxygen atoms in total. The number of rotatable bonds is 15. The van der Waals surface area contributed by atoms with E-state index in [4.69, 9.17) is 4.74 Å². The third kappa shape index (κ3) is 10.6. The van der Waals surface area contributed by atoms with E-state index in [0.717, 1.165) is 29.4 Å². The third-order valence-corrected chi connectivity index (χ3v) is 8.79. The lowest BCUT2D eigenvalue weighted by molar-refractivity contribution is 0.248. The summed E-state index contributed by atoms with van der Waals surface area (Å²) in [6.07, 6.45) is 30.2. The highest BCUT2D eigenvalue weighted by Gasteiger charge is 2.21. The van der Waals surface area contributed by atoms with E-state index in [1.807, 2.05) is 0 Å². The largest absolute Gasteiger partial charge is 0.490 e. The second-order valence-electron chi connectivity index (χ2n) is 11.6. The molecule has 1 aromatic rings. The van der Waals surface area contributed by atoms with Crippen LogP contribution < -0.4 is 4.74 Å². The highest BCUT2D eigenvalue weighted by Crippen LogP contribution is 2.35. The SMILES string of the molecule is CCCCCCCC1CCC(CCc2ccc(OCC=CC3CCC(CCC)CC3)cc2)CC1. The van der Waals surface area contributed by atoms with Gasteiger partial charge in [-0.1, -0.05) is 115 Å². The molecule has 2 aliphatic rings. The van der Waals surface area contributed by atoms with Crippen LogP contribution in [0.2, 0.25) is 0 Å². The Morgan fingerprint density at radius 1 is 0.676 bits per heavy atom. The maximum atomic E-state index is 5.98. The Bertz CT molecular complexity index is 644. The van der Waals surface area contributed by atoms with E-state index in [1.54, 1.807) is 0 Å². The smallest absolute Gasteiger partial charge is 0.119 e. The van der Waals surface area contributed by atoms with Crippen LogP contribution in [0.1, 0.15) is 129 Å². The average molecular weight is 467 g/mol. The Morgan fingerprint density at radius 2 is 1.29 bits per heavy atom. The number of aryl methyl sites for hydroxylation is 1. The molecule has 0 spiro atoms. The topological polar surface area (TPSA) is 9.23 Å². The second kappa shape index (κ2) is 16.4. The van der Waals surface area contributed by atoms with Gasteiger partial charge in [0.15, 0.2) is 0 Å². The van der Waals surface area contributed by atoms with Crippen molar-refractivity contribution in [2.75, 3.05) is 6.61 Å². The minimum Gasteiger partial charge on any atom is -0.490 e. The number of allylic oxidation sites excluding steroid dienone is 1. The van der Waals surface area contributed by atoms with Crippen molar-refractivity contribution in [1.29, 1.82) is 0 Å². The van der Waals surface area contributed by atoms with E-state index in [0.29, 0.717) is 6.61 Å². The van der Waals surface area contributed by atoms with E-state index < -0.39 is 0 Å². The summed E-state index contributed by atoms with van der Waals surface area (Å²) in [6.45, 7) is 5.33. The normalized spacial score (nSPS) is 25.6. The maximum Gasteiger partial charge on any atom is 0.119 e. The van der Waals surface area contributed by atoms with Crippen LogP contribution in [0.5, 0.6) is 5.75 Å². The zero-order valence-corrected chi connectivity index (χ0v) is 22.6. The molecule has 1 heteroatoms. The first-order valence-corrected chi connectivity index (χ1v) is 15.1. The summed E-state index contributed by atoms with van der Waals surface area (Å²) in [7, 11) is 0. The average Bonchev–Trinajstić information content (AvgIpc) is 2.88. The minimum atomic E-state index is 0.704. The molecule has 192 valence electrons. The molecule has 0 saturated heterocycles. The zero-order chi connectivity index (χ0) is 23.8. The predicted molar refractivity (Wildman–Crippen MR) is 149 cm³/mol. The van der Waals surface area contributed by atoms with Crippen LogP contribution >= 0.6 is 0 Å². The van der Waals surface area contributed by atoms with Gasteiger partial charge in [0.25, 0.3) is 0 Å². The summed E-state index contributed by atoms with van der Waals surface area (Å²) in [5.74, 6) is 4.76. The lowest BCUT2D eigenvalue weighted by Gasteiger charge is -2.28. The van der Waals surface area contributed by atoms with Crippen molar-refractivity contribution in [2.24, 2.45) is 23.7 Å². The quantitative estimate of drug-likeness (QED) is 0.184. The van der Waals surface area contributed by atoms with Gasteiger partial charge in [-0.05, 0) is 79.9 Å². The summed E-state index contributed by atoms with van der Waals surface area (Å²) in [4.78, 5) is 0. The van der Waals surface area contributed by atoms with Crippen LogP contribution in [0, 0.1) is 23.7 Å². The van der Waals surface area contributed by atoms with Crippen molar-refractivity contribution < 1.29 is 4.74 Å². The molecule has 0 bridgehead atoms. The molecule has 0 amide bonds. The molecule has 0 heterocycles. The van der Waals surface area contributed by atoms with Gasteiger partial charge in [-0.15, -0.1) is 0 Å². The zero-order valence-electron chi connectivity index (χ0n) is 22.6. The fraction of sp³-hybridized carbons (Fsp3) is 0.758. The van der Waals surface area contributed by atoms with Crippen LogP contribution in [-0.2, 0) is 6.42 Å². The van der Waals surface area contributed by atoms with Gasteiger partial charge in [-0.3, -0.25) is 0 Å². The summed E-state index contributed by atoms with van der Waals surface area (Å²) in [5, 5.41) is 0. The lowest BCUT2D eigenvalue weighted by atomic mass is 9.78. The Balaban J connectivity index is 1.24. The molecule has 2 aliphatic carbocycles. The fourth-order valence-electron chi connectivity index (χ4n) is 6.44. The van der Waals surface area contributed by atoms with Crippen molar-refractivity contribution in [3.8, 4) is 5.75 Å². The molecule has 34 heavy (non-hydrogen) atoms. The molecule has 0 radical (unpaired) electrons. The first-order chi connectivity index (χ1) is 16.8. The molecular formula is C33H54O. The molecule has 0 unspecified atom stereocenters. The van der Waals surface area contributed by atoms with Gasteiger partial charge >= 0.3 is 0 Å². The van der Waals surface area contributed by atoms with Crippen LogP contribution in [0.25, 0.3) is 0 Å². The number of ether oxygens (including phenoxy) is 1. The van der Waals surface area contributed by atoms with E-state index in [1.165, 1.54) is 121 Å². The second-order valence-corrected chi connectivity index (χ2v) is 11.6. The molecule has 3 rings (SSSR count). The third-order valence-electron chi connectivity index (χ3n) is 8.79. The van der Waals surface area contributed by atoms with Gasteiger partial charge in [-0.25, -0.2) is 0 Å². The molecule has 0 aromatic heterocycles. The summed E-state index contributed by atoms with van der Waals surface area (Å²) < 4.78 is 5.98. The molecule has 2 saturated carbocycles. The standard InChI is InChI=1S/C33H54O/c1-3-5-6-7-8-11-29-17-19-31(20-18-29)21-22-32-23-25-33(26-24-32)34-27-9-12-30-15-13-28(10-4-2)14-16-30/h9,12,23-26,28-31H,3-8,10-11,13-22,27H2,1-2H3. The van der Waals surface area contributed by atoms with Crippen molar-refractivity contribution in [3.05, 3.63) is 42.0 Å². The van der Waals surface area contributed by atoms with Crippen molar-refractivity contribution >= 4 is 0 Å². The summed E-state index contributed by atoms with van der Waals surface area (Å²) in [5.41, 5.74) is 1.48. The monoisotopic (exact) mass is 466 g/mol. The van der Waals surface area contributed by atoms with Crippen molar-refractivity contribution in [1.82, 2.24) is 0 Å². The summed E-state index contributed by atoms with van der Waals surface area (Å²) >= 11 is 0. The van der Waals surface area contributed by atoms with Crippen LogP contribution in [0.3, 0.4) is 0 Å². The maximum absolute atomic E-state index is 5.98. The molecule has 2 fully saturated rings. The summed E-state index contributed by atoms with van der Waals surface area (Å²) in [6, 6.07) is 8.93. The highest BCUT2D eigenvalue weighted by molar-refractivity contribution is 5.27. The Hall–Kier alpha value is -1.24. The van der Waals surface area contributed by atoms with Gasteiger partial charge in [-0.2, -0.15) is 0 Å². The first-order valence-electron chi connectivity index (χ1n) is 15.1. The van der Waals surface area contributed by atoms with Gasteiger partial charge < -0.3 is 4.74 Å². The van der Waals surface area contributed by atoms with Gasteiger partial charge in [0, 0.05) is 0 Å². The molecule has 0 atom stereocenters. The minimum absolute atomic E-state index is 0.704. The van der Waals surface area contributed by atoms with Gasteiger partial charge in [0.1, 0.15) is 12.4 Å². The van der Waals surface area contributed by atoms with Crippen LogP contribution in [0.4, 0.5) is 0 Å². The molecular weight excluding hydrogens is 412 g/mol. The number of benzene rings is 1. The Labute approximate surface area is 212 Å². The molecule has 0 N–H and O–H groups in total. The first kappa shape index (κ1) is 27.3. The Morgan fingerprint density at radius 3 is 1.97 bits per heavy atom. The lowest BCUT2D eigenvalue weighted by Crippen LogP contribution is -2.15. The van der Waals surface area contributed by atoms with Gasteiger partial charge in [0.2, 0.25) is 0 Å². The number of hydrogen-bond acceptors (Lipinski definition) is 1. The number of hydrogen-bond donors (Lipinski definition) is 0. The molecule has 0 aliphatic heterocycles. The predicted octanol–water partition coefficient (Wildman–Crippen LogP) is 10.3. The van der Waals surface area contributed by atoms with Crippen LogP contribution in [0.15, 0.2) is 36.4 Å². The van der Waals surface area contributed by atoms with Crippen molar-refractivity contribution in [3.63, 3.8) is 0 Å². The van der Waals surface area contributed by atoms with Crippen LogP contribution in [-0.4, -0.2) is 6.61 Å². The number of unbranched alkanes of at least 4 members (excludes halogenated alkanes) is 4.